The Morgan fingerprint density at radius 3 is 2.70 bits per heavy atom. The molecule has 0 aliphatic heterocycles. The van der Waals surface area contributed by atoms with E-state index in [1.807, 2.05) is 0 Å². The summed E-state index contributed by atoms with van der Waals surface area (Å²) in [5.74, 6) is 3.97. The molecule has 0 aliphatic rings. The van der Waals surface area contributed by atoms with Crippen LogP contribution in [0.3, 0.4) is 0 Å². The average molecular weight is 296 g/mol. The molecule has 0 fully saturated rings. The van der Waals surface area contributed by atoms with Gasteiger partial charge in [0.15, 0.2) is 5.25 Å². The minimum atomic E-state index is -3.88. The number of aliphatic hydroxyl groups excluding tert-OH is 1. The first-order valence-corrected chi connectivity index (χ1v) is 7.29. The van der Waals surface area contributed by atoms with E-state index in [9.17, 15) is 12.8 Å². The Morgan fingerprint density at radius 2 is 2.20 bits per heavy atom. The van der Waals surface area contributed by atoms with Crippen molar-refractivity contribution in [3.63, 3.8) is 0 Å². The van der Waals surface area contributed by atoms with E-state index < -0.39 is 27.7 Å². The zero-order chi connectivity index (χ0) is 15.2. The Labute approximate surface area is 117 Å². The van der Waals surface area contributed by atoms with Gasteiger partial charge < -0.3 is 5.11 Å². The van der Waals surface area contributed by atoms with Gasteiger partial charge in [-0.2, -0.15) is 5.26 Å². The molecule has 0 saturated carbocycles. The third-order valence-corrected chi connectivity index (χ3v) is 4.13. The lowest BCUT2D eigenvalue weighted by Gasteiger charge is -2.11. The smallest absolute Gasteiger partial charge is 0.249 e. The van der Waals surface area contributed by atoms with E-state index in [0.29, 0.717) is 0 Å². The van der Waals surface area contributed by atoms with Crippen LogP contribution in [-0.2, 0) is 10.0 Å². The van der Waals surface area contributed by atoms with Gasteiger partial charge in [-0.3, -0.25) is 4.72 Å². The molecule has 1 aromatic carbocycles. The van der Waals surface area contributed by atoms with Crippen molar-refractivity contribution in [2.45, 2.75) is 18.6 Å². The van der Waals surface area contributed by atoms with Crippen molar-refractivity contribution >= 4 is 15.7 Å². The van der Waals surface area contributed by atoms with Crippen molar-refractivity contribution in [3.05, 3.63) is 29.6 Å². The number of nitriles is 1. The molecule has 0 saturated heterocycles. The molecule has 20 heavy (non-hydrogen) atoms. The normalized spacial score (nSPS) is 11.9. The first-order chi connectivity index (χ1) is 9.44. The molecule has 106 valence electrons. The van der Waals surface area contributed by atoms with Crippen LogP contribution >= 0.6 is 0 Å². The number of nitrogens with one attached hydrogen (secondary N) is 1. The molecule has 1 aromatic rings. The Morgan fingerprint density at radius 1 is 1.50 bits per heavy atom. The largest absolute Gasteiger partial charge is 0.384 e. The summed E-state index contributed by atoms with van der Waals surface area (Å²) in [5, 5.41) is 16.1. The third kappa shape index (κ3) is 3.95. The fourth-order valence-electron chi connectivity index (χ4n) is 1.43. The molecule has 0 amide bonds. The molecule has 0 spiro atoms. The van der Waals surface area contributed by atoms with Gasteiger partial charge in [0.25, 0.3) is 0 Å². The van der Waals surface area contributed by atoms with Crippen molar-refractivity contribution in [3.8, 4) is 17.9 Å². The topological polar surface area (TPSA) is 90.2 Å². The van der Waals surface area contributed by atoms with Crippen LogP contribution in [-0.4, -0.2) is 25.4 Å². The van der Waals surface area contributed by atoms with Gasteiger partial charge in [-0.05, 0) is 24.6 Å². The highest BCUT2D eigenvalue weighted by Crippen LogP contribution is 2.17. The van der Waals surface area contributed by atoms with Gasteiger partial charge in [-0.15, -0.1) is 0 Å². The van der Waals surface area contributed by atoms with Gasteiger partial charge in [0.2, 0.25) is 10.0 Å². The van der Waals surface area contributed by atoms with Gasteiger partial charge in [0.05, 0.1) is 17.3 Å². The number of benzene rings is 1. The van der Waals surface area contributed by atoms with Gasteiger partial charge in [-0.1, -0.05) is 18.8 Å². The second-order valence-electron chi connectivity index (χ2n) is 3.83. The van der Waals surface area contributed by atoms with E-state index in [-0.39, 0.29) is 17.7 Å². The highest BCUT2D eigenvalue weighted by Gasteiger charge is 2.23. The molecular formula is C13H13FN2O3S. The minimum Gasteiger partial charge on any atom is -0.384 e. The minimum absolute atomic E-state index is 0.0192. The van der Waals surface area contributed by atoms with Crippen LogP contribution in [0.5, 0.6) is 0 Å². The molecule has 1 unspecified atom stereocenters. The molecule has 0 heterocycles. The Kier molecular flexibility index (Phi) is 5.51. The summed E-state index contributed by atoms with van der Waals surface area (Å²) in [6.45, 7) is 1.18. The van der Waals surface area contributed by atoms with Gasteiger partial charge in [0, 0.05) is 0 Å². The van der Waals surface area contributed by atoms with Crippen molar-refractivity contribution in [2.24, 2.45) is 0 Å². The Bertz CT molecular complexity index is 684. The summed E-state index contributed by atoms with van der Waals surface area (Å²) in [6.07, 6.45) is 0.133. The molecule has 5 nitrogen and oxygen atoms in total. The highest BCUT2D eigenvalue weighted by molar-refractivity contribution is 7.93. The first-order valence-electron chi connectivity index (χ1n) is 5.75. The number of hydrogen-bond acceptors (Lipinski definition) is 4. The van der Waals surface area contributed by atoms with Crippen LogP contribution in [0.4, 0.5) is 10.1 Å². The monoisotopic (exact) mass is 296 g/mol. The molecule has 0 aliphatic carbocycles. The lowest BCUT2D eigenvalue weighted by Crippen LogP contribution is -2.26. The second-order valence-corrected chi connectivity index (χ2v) is 5.69. The summed E-state index contributed by atoms with van der Waals surface area (Å²) in [7, 11) is -3.88. The van der Waals surface area contributed by atoms with E-state index in [1.165, 1.54) is 12.1 Å². The van der Waals surface area contributed by atoms with E-state index >= 15 is 0 Å². The number of hydrogen-bond donors (Lipinski definition) is 2. The summed E-state index contributed by atoms with van der Waals surface area (Å²) in [4.78, 5) is 0. The molecule has 1 atom stereocenters. The summed E-state index contributed by atoms with van der Waals surface area (Å²) in [6, 6.07) is 5.28. The summed E-state index contributed by atoms with van der Waals surface area (Å²) in [5.41, 5.74) is 0.0695. The standard InChI is InChI=1S/C13H13FN2O3S/c1-2-12(9-15)20(18,19)16-11-6-5-10(4-3-7-17)13(14)8-11/h5-6,8,12,16-17H,2,7H2,1H3. The number of sulfonamides is 1. The molecule has 7 heteroatoms. The maximum atomic E-state index is 13.6. The quantitative estimate of drug-likeness (QED) is 0.817. The zero-order valence-electron chi connectivity index (χ0n) is 10.7. The van der Waals surface area contributed by atoms with Crippen molar-refractivity contribution in [1.29, 1.82) is 5.26 Å². The lowest BCUT2D eigenvalue weighted by atomic mass is 10.2. The van der Waals surface area contributed by atoms with Crippen LogP contribution < -0.4 is 4.72 Å². The Hall–Kier alpha value is -2.09. The number of halogens is 1. The number of aliphatic hydroxyl groups is 1. The highest BCUT2D eigenvalue weighted by atomic mass is 32.2. The van der Waals surface area contributed by atoms with Crippen molar-refractivity contribution in [1.82, 2.24) is 0 Å². The molecule has 1 rings (SSSR count). The van der Waals surface area contributed by atoms with Crippen LogP contribution in [0.2, 0.25) is 0 Å². The molecular weight excluding hydrogens is 283 g/mol. The molecule has 2 N–H and O–H groups in total. The predicted octanol–water partition coefficient (Wildman–Crippen LogP) is 1.21. The Balaban J connectivity index is 3.01. The SMILES string of the molecule is CCC(C#N)S(=O)(=O)Nc1ccc(C#CCO)c(F)c1. The second kappa shape index (κ2) is 6.90. The van der Waals surface area contributed by atoms with Gasteiger partial charge in [-0.25, -0.2) is 12.8 Å². The first kappa shape index (κ1) is 16.0. The maximum absolute atomic E-state index is 13.6. The summed E-state index contributed by atoms with van der Waals surface area (Å²) < 4.78 is 39.4. The summed E-state index contributed by atoms with van der Waals surface area (Å²) >= 11 is 0. The maximum Gasteiger partial charge on any atom is 0.249 e. The van der Waals surface area contributed by atoms with Crippen molar-refractivity contribution < 1.29 is 17.9 Å². The number of nitrogens with zero attached hydrogens (tertiary/aromatic N) is 1. The van der Waals surface area contributed by atoms with Crippen LogP contribution in [0.1, 0.15) is 18.9 Å². The fraction of sp³-hybridized carbons (Fsp3) is 0.308. The van der Waals surface area contributed by atoms with Crippen molar-refractivity contribution in [2.75, 3.05) is 11.3 Å². The third-order valence-electron chi connectivity index (χ3n) is 2.42. The van der Waals surface area contributed by atoms with E-state index in [1.54, 1.807) is 13.0 Å². The predicted molar refractivity (Wildman–Crippen MR) is 72.6 cm³/mol. The van der Waals surface area contributed by atoms with Gasteiger partial charge >= 0.3 is 0 Å². The van der Waals surface area contributed by atoms with E-state index in [4.69, 9.17) is 10.4 Å². The fourth-order valence-corrected chi connectivity index (χ4v) is 2.61. The van der Waals surface area contributed by atoms with Crippen LogP contribution in [0.25, 0.3) is 0 Å². The lowest BCUT2D eigenvalue weighted by molar-refractivity contribution is 0.350. The average Bonchev–Trinajstić information content (AvgIpc) is 2.38. The number of rotatable bonds is 4. The molecule has 0 aromatic heterocycles. The zero-order valence-corrected chi connectivity index (χ0v) is 11.5. The van der Waals surface area contributed by atoms with Crippen LogP contribution in [0, 0.1) is 29.0 Å². The molecule has 0 radical (unpaired) electrons. The van der Waals surface area contributed by atoms with E-state index in [0.717, 1.165) is 6.07 Å². The number of anilines is 1. The van der Waals surface area contributed by atoms with E-state index in [2.05, 4.69) is 16.6 Å². The van der Waals surface area contributed by atoms with Gasteiger partial charge in [0.1, 0.15) is 12.4 Å². The van der Waals surface area contributed by atoms with Crippen LogP contribution in [0.15, 0.2) is 18.2 Å². The molecule has 0 bridgehead atoms.